The van der Waals surface area contributed by atoms with Gasteiger partial charge in [-0.3, -0.25) is 13.9 Å². The fourth-order valence-electron chi connectivity index (χ4n) is 4.01. The largest absolute Gasteiger partial charge is 0.348 e. The van der Waals surface area contributed by atoms with Crippen LogP contribution in [0.1, 0.15) is 44.7 Å². The Kier molecular flexibility index (Phi) is 5.51. The van der Waals surface area contributed by atoms with Crippen LogP contribution >= 0.6 is 0 Å². The van der Waals surface area contributed by atoms with Crippen LogP contribution in [0.5, 0.6) is 0 Å². The standard InChI is InChI=1S/C22H25N3O4S/c1-30(28,29)25-13-10-18-14-19(8-9-20(18)25)21(26)23-15-16-4-6-17(7-5-16)22(27)24-11-2-3-12-24/h4-9,14H,2-3,10-13,15H2,1H3,(H,23,26). The van der Waals surface area contributed by atoms with Gasteiger partial charge in [0.2, 0.25) is 10.0 Å². The Bertz CT molecular complexity index is 1070. The molecule has 2 aliphatic rings. The number of amides is 2. The number of likely N-dealkylation sites (tertiary alicyclic amines) is 1. The zero-order chi connectivity index (χ0) is 21.3. The molecule has 0 aliphatic carbocycles. The molecule has 8 heteroatoms. The molecule has 158 valence electrons. The highest BCUT2D eigenvalue weighted by atomic mass is 32.2. The molecule has 2 amide bonds. The molecule has 2 aliphatic heterocycles. The van der Waals surface area contributed by atoms with Crippen molar-refractivity contribution in [1.82, 2.24) is 10.2 Å². The van der Waals surface area contributed by atoms with Crippen LogP contribution in [0.4, 0.5) is 5.69 Å². The number of fused-ring (bicyclic) bond motifs is 1. The van der Waals surface area contributed by atoms with Crippen molar-refractivity contribution in [1.29, 1.82) is 0 Å². The Labute approximate surface area is 176 Å². The summed E-state index contributed by atoms with van der Waals surface area (Å²) in [5.74, 6) is -0.155. The molecular weight excluding hydrogens is 402 g/mol. The number of nitrogens with one attached hydrogen (secondary N) is 1. The summed E-state index contributed by atoms with van der Waals surface area (Å²) in [6.45, 7) is 2.39. The molecule has 0 unspecified atom stereocenters. The van der Waals surface area contributed by atoms with E-state index >= 15 is 0 Å². The van der Waals surface area contributed by atoms with Crippen LogP contribution < -0.4 is 9.62 Å². The van der Waals surface area contributed by atoms with Crippen LogP contribution in [0.15, 0.2) is 42.5 Å². The SMILES string of the molecule is CS(=O)(=O)N1CCc2cc(C(=O)NCc3ccc(C(=O)N4CCCC4)cc3)ccc21. The highest BCUT2D eigenvalue weighted by molar-refractivity contribution is 7.92. The lowest BCUT2D eigenvalue weighted by Crippen LogP contribution is -2.27. The first kappa shape index (κ1) is 20.4. The Morgan fingerprint density at radius 2 is 1.63 bits per heavy atom. The summed E-state index contributed by atoms with van der Waals surface area (Å²) in [6, 6.07) is 12.4. The van der Waals surface area contributed by atoms with E-state index in [1.807, 2.05) is 17.0 Å². The van der Waals surface area contributed by atoms with E-state index in [0.29, 0.717) is 36.3 Å². The fourth-order valence-corrected chi connectivity index (χ4v) is 4.97. The number of carbonyl (C=O) groups is 2. The Morgan fingerprint density at radius 1 is 0.967 bits per heavy atom. The lowest BCUT2D eigenvalue weighted by molar-refractivity contribution is 0.0792. The molecule has 0 aromatic heterocycles. The second-order valence-electron chi connectivity index (χ2n) is 7.81. The van der Waals surface area contributed by atoms with Gasteiger partial charge in [-0.25, -0.2) is 8.42 Å². The smallest absolute Gasteiger partial charge is 0.253 e. The van der Waals surface area contributed by atoms with Crippen LogP contribution in [0.2, 0.25) is 0 Å². The average molecular weight is 428 g/mol. The summed E-state index contributed by atoms with van der Waals surface area (Å²) in [7, 11) is -3.30. The topological polar surface area (TPSA) is 86.8 Å². The molecule has 0 spiro atoms. The van der Waals surface area contributed by atoms with Gasteiger partial charge in [0.25, 0.3) is 11.8 Å². The zero-order valence-corrected chi connectivity index (χ0v) is 17.7. The summed E-state index contributed by atoms with van der Waals surface area (Å²) in [4.78, 5) is 26.8. The maximum absolute atomic E-state index is 12.5. The molecule has 0 bridgehead atoms. The normalized spacial score (nSPS) is 15.9. The number of benzene rings is 2. The first-order valence-corrected chi connectivity index (χ1v) is 11.9. The molecule has 1 fully saturated rings. The Hall–Kier alpha value is -2.87. The number of carbonyl (C=O) groups excluding carboxylic acids is 2. The Balaban J connectivity index is 1.37. The first-order chi connectivity index (χ1) is 14.3. The van der Waals surface area contributed by atoms with Gasteiger partial charge >= 0.3 is 0 Å². The third kappa shape index (κ3) is 4.18. The van der Waals surface area contributed by atoms with E-state index in [1.165, 1.54) is 10.6 Å². The predicted molar refractivity (Wildman–Crippen MR) is 115 cm³/mol. The predicted octanol–water partition coefficient (Wildman–Crippen LogP) is 2.17. The van der Waals surface area contributed by atoms with Crippen molar-refractivity contribution in [2.75, 3.05) is 30.2 Å². The molecule has 2 aromatic rings. The van der Waals surface area contributed by atoms with E-state index in [-0.39, 0.29) is 11.8 Å². The number of hydrogen-bond donors (Lipinski definition) is 1. The lowest BCUT2D eigenvalue weighted by atomic mass is 10.1. The van der Waals surface area contributed by atoms with E-state index in [9.17, 15) is 18.0 Å². The van der Waals surface area contributed by atoms with Crippen LogP contribution in [0.3, 0.4) is 0 Å². The number of nitrogens with zero attached hydrogens (tertiary/aromatic N) is 2. The van der Waals surface area contributed by atoms with E-state index in [0.717, 1.165) is 37.1 Å². The summed E-state index contributed by atoms with van der Waals surface area (Å²) < 4.78 is 25.0. The molecule has 2 heterocycles. The minimum Gasteiger partial charge on any atom is -0.348 e. The van der Waals surface area contributed by atoms with Gasteiger partial charge in [0.05, 0.1) is 11.9 Å². The van der Waals surface area contributed by atoms with Crippen molar-refractivity contribution >= 4 is 27.5 Å². The van der Waals surface area contributed by atoms with Gasteiger partial charge in [-0.2, -0.15) is 0 Å². The maximum atomic E-state index is 12.5. The molecule has 4 rings (SSSR count). The molecule has 30 heavy (non-hydrogen) atoms. The Morgan fingerprint density at radius 3 is 2.30 bits per heavy atom. The van der Waals surface area contributed by atoms with E-state index < -0.39 is 10.0 Å². The molecule has 1 N–H and O–H groups in total. The van der Waals surface area contributed by atoms with Gasteiger partial charge in [0.1, 0.15) is 0 Å². The average Bonchev–Trinajstić information content (AvgIpc) is 3.41. The quantitative estimate of drug-likeness (QED) is 0.792. The van der Waals surface area contributed by atoms with Gasteiger partial charge in [0.15, 0.2) is 0 Å². The molecule has 7 nitrogen and oxygen atoms in total. The summed E-state index contributed by atoms with van der Waals surface area (Å²) in [5.41, 5.74) is 3.59. The van der Waals surface area contributed by atoms with Gasteiger partial charge in [-0.15, -0.1) is 0 Å². The molecule has 0 radical (unpaired) electrons. The van der Waals surface area contributed by atoms with Crippen molar-refractivity contribution in [2.24, 2.45) is 0 Å². The zero-order valence-electron chi connectivity index (χ0n) is 16.9. The van der Waals surface area contributed by atoms with Crippen molar-refractivity contribution in [3.05, 3.63) is 64.7 Å². The lowest BCUT2D eigenvalue weighted by Gasteiger charge is -2.16. The van der Waals surface area contributed by atoms with Crippen molar-refractivity contribution in [3.63, 3.8) is 0 Å². The summed E-state index contributed by atoms with van der Waals surface area (Å²) in [5, 5.41) is 2.89. The molecule has 1 saturated heterocycles. The van der Waals surface area contributed by atoms with E-state index in [2.05, 4.69) is 5.32 Å². The van der Waals surface area contributed by atoms with E-state index in [4.69, 9.17) is 0 Å². The van der Waals surface area contributed by atoms with Crippen LogP contribution in [0, 0.1) is 0 Å². The van der Waals surface area contributed by atoms with Gasteiger partial charge < -0.3 is 10.2 Å². The first-order valence-electron chi connectivity index (χ1n) is 10.1. The third-order valence-electron chi connectivity index (χ3n) is 5.64. The number of sulfonamides is 1. The molecule has 2 aromatic carbocycles. The monoisotopic (exact) mass is 427 g/mol. The minimum absolute atomic E-state index is 0.0596. The van der Waals surface area contributed by atoms with Crippen LogP contribution in [0.25, 0.3) is 0 Å². The van der Waals surface area contributed by atoms with Crippen molar-refractivity contribution < 1.29 is 18.0 Å². The van der Waals surface area contributed by atoms with Crippen molar-refractivity contribution in [3.8, 4) is 0 Å². The van der Waals surface area contributed by atoms with Crippen molar-refractivity contribution in [2.45, 2.75) is 25.8 Å². The molecule has 0 saturated carbocycles. The molecule has 0 atom stereocenters. The second kappa shape index (κ2) is 8.10. The third-order valence-corrected chi connectivity index (χ3v) is 6.82. The highest BCUT2D eigenvalue weighted by Crippen LogP contribution is 2.30. The van der Waals surface area contributed by atoms with Gasteiger partial charge in [0, 0.05) is 37.3 Å². The summed E-state index contributed by atoms with van der Waals surface area (Å²) >= 11 is 0. The minimum atomic E-state index is -3.30. The van der Waals surface area contributed by atoms with Gasteiger partial charge in [-0.05, 0) is 60.7 Å². The summed E-state index contributed by atoms with van der Waals surface area (Å²) in [6.07, 6.45) is 3.90. The highest BCUT2D eigenvalue weighted by Gasteiger charge is 2.26. The van der Waals surface area contributed by atoms with Gasteiger partial charge in [-0.1, -0.05) is 12.1 Å². The molecular formula is C22H25N3O4S. The number of hydrogen-bond acceptors (Lipinski definition) is 4. The number of anilines is 1. The number of rotatable bonds is 5. The van der Waals surface area contributed by atoms with Crippen LogP contribution in [-0.2, 0) is 23.0 Å². The van der Waals surface area contributed by atoms with Crippen LogP contribution in [-0.4, -0.2) is 51.0 Å². The second-order valence-corrected chi connectivity index (χ2v) is 9.71. The van der Waals surface area contributed by atoms with E-state index in [1.54, 1.807) is 30.3 Å². The fraction of sp³-hybridized carbons (Fsp3) is 0.364. The maximum Gasteiger partial charge on any atom is 0.253 e.